The van der Waals surface area contributed by atoms with Crippen LogP contribution in [-0.2, 0) is 0 Å². The van der Waals surface area contributed by atoms with Gasteiger partial charge in [0.15, 0.2) is 0 Å². The van der Waals surface area contributed by atoms with Crippen LogP contribution in [0.15, 0.2) is 59.5 Å². The zero-order valence-electron chi connectivity index (χ0n) is 8.27. The SMILES string of the molecule is C=C/C=C\C(=C/C=C)N=NC(C)C. The molecule has 0 spiro atoms. The molecule has 0 bridgehead atoms. The van der Waals surface area contributed by atoms with E-state index in [2.05, 4.69) is 23.4 Å². The van der Waals surface area contributed by atoms with E-state index in [9.17, 15) is 0 Å². The lowest BCUT2D eigenvalue weighted by Crippen LogP contribution is -1.85. The van der Waals surface area contributed by atoms with Gasteiger partial charge in [0, 0.05) is 0 Å². The van der Waals surface area contributed by atoms with E-state index >= 15 is 0 Å². The molecule has 0 saturated carbocycles. The molecule has 0 fully saturated rings. The fraction of sp³-hybridized carbons (Fsp3) is 0.273. The lowest BCUT2D eigenvalue weighted by Gasteiger charge is -1.93. The average molecular weight is 176 g/mol. The Labute approximate surface area is 80.1 Å². The van der Waals surface area contributed by atoms with Gasteiger partial charge in [0.2, 0.25) is 0 Å². The van der Waals surface area contributed by atoms with E-state index in [0.717, 1.165) is 5.70 Å². The Morgan fingerprint density at radius 1 is 1.23 bits per heavy atom. The summed E-state index contributed by atoms with van der Waals surface area (Å²) in [5.74, 6) is 0. The third-order valence-electron chi connectivity index (χ3n) is 1.10. The van der Waals surface area contributed by atoms with Crippen LogP contribution < -0.4 is 0 Å². The van der Waals surface area contributed by atoms with Crippen LogP contribution in [0.25, 0.3) is 0 Å². The molecule has 0 aliphatic heterocycles. The Balaban J connectivity index is 4.44. The molecule has 70 valence electrons. The van der Waals surface area contributed by atoms with Gasteiger partial charge in [-0.05, 0) is 26.0 Å². The molecule has 0 atom stereocenters. The predicted octanol–water partition coefficient (Wildman–Crippen LogP) is 3.66. The molecule has 0 saturated heterocycles. The minimum absolute atomic E-state index is 0.213. The largest absolute Gasteiger partial charge is 0.186 e. The standard InChI is InChI=1S/C11H16N2/c1-5-7-9-11(8-6-2)13-12-10(3)4/h5-10H,1-2H2,3-4H3/b9-7-,11-8+,13-12?. The second-order valence-electron chi connectivity index (χ2n) is 2.73. The first-order chi connectivity index (χ1) is 6.20. The van der Waals surface area contributed by atoms with Crippen LogP contribution >= 0.6 is 0 Å². The monoisotopic (exact) mass is 176 g/mol. The molecule has 0 aliphatic carbocycles. The summed E-state index contributed by atoms with van der Waals surface area (Å²) in [6.45, 7) is 11.1. The van der Waals surface area contributed by atoms with Gasteiger partial charge in [-0.2, -0.15) is 10.2 Å². The molecule has 0 aromatic heterocycles. The summed E-state index contributed by atoms with van der Waals surface area (Å²) >= 11 is 0. The summed E-state index contributed by atoms with van der Waals surface area (Å²) in [6, 6.07) is 0.213. The number of allylic oxidation sites excluding steroid dienone is 5. The molecule has 0 aliphatic rings. The van der Waals surface area contributed by atoms with Crippen molar-refractivity contribution in [2.45, 2.75) is 19.9 Å². The van der Waals surface area contributed by atoms with Crippen LogP contribution in [0.1, 0.15) is 13.8 Å². The van der Waals surface area contributed by atoms with Gasteiger partial charge >= 0.3 is 0 Å². The van der Waals surface area contributed by atoms with Crippen LogP contribution in [0.3, 0.4) is 0 Å². The summed E-state index contributed by atoms with van der Waals surface area (Å²) < 4.78 is 0. The predicted molar refractivity (Wildman–Crippen MR) is 57.6 cm³/mol. The number of hydrogen-bond donors (Lipinski definition) is 0. The summed E-state index contributed by atoms with van der Waals surface area (Å²) in [7, 11) is 0. The minimum Gasteiger partial charge on any atom is -0.186 e. The van der Waals surface area contributed by atoms with Crippen molar-refractivity contribution in [3.05, 3.63) is 49.2 Å². The third kappa shape index (κ3) is 6.94. The maximum absolute atomic E-state index is 4.03. The maximum atomic E-state index is 4.03. The van der Waals surface area contributed by atoms with E-state index in [1.807, 2.05) is 26.0 Å². The average Bonchev–Trinajstić information content (AvgIpc) is 2.09. The Bertz CT molecular complexity index is 245. The van der Waals surface area contributed by atoms with Crippen molar-refractivity contribution < 1.29 is 0 Å². The van der Waals surface area contributed by atoms with Crippen LogP contribution in [0.5, 0.6) is 0 Å². The van der Waals surface area contributed by atoms with Gasteiger partial charge in [-0.3, -0.25) is 0 Å². The number of hydrogen-bond acceptors (Lipinski definition) is 2. The molecule has 2 heteroatoms. The van der Waals surface area contributed by atoms with E-state index in [4.69, 9.17) is 0 Å². The van der Waals surface area contributed by atoms with Gasteiger partial charge < -0.3 is 0 Å². The second-order valence-corrected chi connectivity index (χ2v) is 2.73. The smallest absolute Gasteiger partial charge is 0.0852 e. The Morgan fingerprint density at radius 2 is 1.92 bits per heavy atom. The van der Waals surface area contributed by atoms with Crippen molar-refractivity contribution in [2.75, 3.05) is 0 Å². The highest BCUT2D eigenvalue weighted by Crippen LogP contribution is 2.02. The molecule has 0 aromatic carbocycles. The van der Waals surface area contributed by atoms with Gasteiger partial charge in [-0.1, -0.05) is 31.4 Å². The molecule has 0 amide bonds. The lowest BCUT2D eigenvalue weighted by molar-refractivity contribution is 0.771. The van der Waals surface area contributed by atoms with Gasteiger partial charge in [0.25, 0.3) is 0 Å². The molecule has 0 N–H and O–H groups in total. The normalized spacial score (nSPS) is 13.0. The quantitative estimate of drug-likeness (QED) is 0.451. The van der Waals surface area contributed by atoms with Crippen molar-refractivity contribution in [1.29, 1.82) is 0 Å². The fourth-order valence-electron chi connectivity index (χ4n) is 0.592. The van der Waals surface area contributed by atoms with Crippen LogP contribution in [0, 0.1) is 0 Å². The maximum Gasteiger partial charge on any atom is 0.0852 e. The van der Waals surface area contributed by atoms with Gasteiger partial charge in [-0.25, -0.2) is 0 Å². The molecule has 0 aromatic rings. The molecule has 0 unspecified atom stereocenters. The molecular formula is C11H16N2. The lowest BCUT2D eigenvalue weighted by atomic mass is 10.3. The summed E-state index contributed by atoms with van der Waals surface area (Å²) in [5, 5.41) is 8.05. The molecular weight excluding hydrogens is 160 g/mol. The molecule has 0 radical (unpaired) electrons. The van der Waals surface area contributed by atoms with E-state index in [-0.39, 0.29) is 6.04 Å². The summed E-state index contributed by atoms with van der Waals surface area (Å²) in [6.07, 6.45) is 8.82. The Hall–Kier alpha value is -1.44. The van der Waals surface area contributed by atoms with Crippen molar-refractivity contribution in [3.63, 3.8) is 0 Å². The van der Waals surface area contributed by atoms with E-state index in [0.29, 0.717) is 0 Å². The number of nitrogens with zero attached hydrogens (tertiary/aromatic N) is 2. The van der Waals surface area contributed by atoms with Crippen molar-refractivity contribution >= 4 is 0 Å². The van der Waals surface area contributed by atoms with Gasteiger partial charge in [0.05, 0.1) is 11.7 Å². The molecule has 0 heterocycles. The first-order valence-electron chi connectivity index (χ1n) is 4.23. The highest BCUT2D eigenvalue weighted by atomic mass is 15.1. The van der Waals surface area contributed by atoms with Crippen LogP contribution in [-0.4, -0.2) is 6.04 Å². The van der Waals surface area contributed by atoms with Crippen LogP contribution in [0.2, 0.25) is 0 Å². The van der Waals surface area contributed by atoms with Crippen LogP contribution in [0.4, 0.5) is 0 Å². The summed E-state index contributed by atoms with van der Waals surface area (Å²) in [5.41, 5.74) is 0.781. The van der Waals surface area contributed by atoms with Gasteiger partial charge in [-0.15, -0.1) is 0 Å². The first-order valence-corrected chi connectivity index (χ1v) is 4.23. The molecule has 13 heavy (non-hydrogen) atoms. The van der Waals surface area contributed by atoms with E-state index in [1.54, 1.807) is 18.2 Å². The Kier molecular flexibility index (Phi) is 6.42. The fourth-order valence-corrected chi connectivity index (χ4v) is 0.592. The molecule has 0 rings (SSSR count). The zero-order valence-corrected chi connectivity index (χ0v) is 8.27. The minimum atomic E-state index is 0.213. The summed E-state index contributed by atoms with van der Waals surface area (Å²) in [4.78, 5) is 0. The number of azo groups is 1. The zero-order chi connectivity index (χ0) is 10.1. The van der Waals surface area contributed by atoms with Crippen molar-refractivity contribution in [2.24, 2.45) is 10.2 Å². The second kappa shape index (κ2) is 7.22. The third-order valence-corrected chi connectivity index (χ3v) is 1.10. The molecule has 2 nitrogen and oxygen atoms in total. The highest BCUT2D eigenvalue weighted by Gasteiger charge is 1.88. The van der Waals surface area contributed by atoms with E-state index in [1.165, 1.54) is 0 Å². The topological polar surface area (TPSA) is 24.7 Å². The van der Waals surface area contributed by atoms with Crippen molar-refractivity contribution in [1.82, 2.24) is 0 Å². The highest BCUT2D eigenvalue weighted by molar-refractivity contribution is 5.23. The first kappa shape index (κ1) is 11.6. The van der Waals surface area contributed by atoms with Crippen molar-refractivity contribution in [3.8, 4) is 0 Å². The van der Waals surface area contributed by atoms with E-state index < -0.39 is 0 Å². The number of rotatable bonds is 5. The van der Waals surface area contributed by atoms with Gasteiger partial charge in [0.1, 0.15) is 0 Å². The Morgan fingerprint density at radius 3 is 2.38 bits per heavy atom.